The van der Waals surface area contributed by atoms with Gasteiger partial charge in [0.2, 0.25) is 5.91 Å². The van der Waals surface area contributed by atoms with Gasteiger partial charge in [0.25, 0.3) is 5.69 Å². The molecule has 1 aromatic carbocycles. The molecule has 0 radical (unpaired) electrons. The van der Waals surface area contributed by atoms with Gasteiger partial charge < -0.3 is 10.6 Å². The Morgan fingerprint density at radius 1 is 1.33 bits per heavy atom. The average Bonchev–Trinajstić information content (AvgIpc) is 2.79. The Bertz CT molecular complexity index is 760. The molecule has 0 saturated heterocycles. The molecule has 0 aliphatic rings. The van der Waals surface area contributed by atoms with Crippen LogP contribution in [0.25, 0.3) is 0 Å². The minimum atomic E-state index is -0.451. The number of nitro groups is 1. The number of carbonyl (C=O) groups is 1. The number of rotatable bonds is 7. The molecule has 0 bridgehead atoms. The summed E-state index contributed by atoms with van der Waals surface area (Å²) >= 11 is 6.04. The molecule has 0 fully saturated rings. The quantitative estimate of drug-likeness (QED) is 0.452. The molecule has 128 valence electrons. The van der Waals surface area contributed by atoms with Crippen LogP contribution in [0.2, 0.25) is 5.02 Å². The summed E-state index contributed by atoms with van der Waals surface area (Å²) in [6.07, 6.45) is 0. The largest absolute Gasteiger partial charge is 0.378 e. The molecule has 2 aromatic rings. The van der Waals surface area contributed by atoms with Gasteiger partial charge in [-0.25, -0.2) is 0 Å². The summed E-state index contributed by atoms with van der Waals surface area (Å²) in [5.74, 6) is -0.207. The highest BCUT2D eigenvalue weighted by Gasteiger charge is 2.13. The lowest BCUT2D eigenvalue weighted by Crippen LogP contribution is -2.32. The van der Waals surface area contributed by atoms with Crippen LogP contribution < -0.4 is 10.6 Å². The van der Waals surface area contributed by atoms with E-state index in [4.69, 9.17) is 11.6 Å². The van der Waals surface area contributed by atoms with E-state index in [-0.39, 0.29) is 18.1 Å². The Balaban J connectivity index is 1.81. The van der Waals surface area contributed by atoms with Crippen LogP contribution in [0.1, 0.15) is 11.4 Å². The highest BCUT2D eigenvalue weighted by atomic mass is 35.5. The number of anilines is 1. The highest BCUT2D eigenvalue weighted by molar-refractivity contribution is 6.31. The summed E-state index contributed by atoms with van der Waals surface area (Å²) in [7, 11) is 0. The minimum absolute atomic E-state index is 0.00103. The van der Waals surface area contributed by atoms with E-state index < -0.39 is 4.92 Å². The van der Waals surface area contributed by atoms with E-state index in [0.717, 1.165) is 5.69 Å². The maximum Gasteiger partial charge on any atom is 0.292 e. The molecule has 1 heterocycles. The molecular weight excluding hydrogens is 334 g/mol. The van der Waals surface area contributed by atoms with Gasteiger partial charge in [0, 0.05) is 19.2 Å². The van der Waals surface area contributed by atoms with Gasteiger partial charge in [0.15, 0.2) is 0 Å². The second-order valence-corrected chi connectivity index (χ2v) is 5.57. The lowest BCUT2D eigenvalue weighted by molar-refractivity contribution is -0.384. The van der Waals surface area contributed by atoms with E-state index >= 15 is 0 Å². The maximum absolute atomic E-state index is 11.9. The van der Waals surface area contributed by atoms with Crippen LogP contribution in [0, 0.1) is 24.0 Å². The van der Waals surface area contributed by atoms with Crippen LogP contribution in [0.5, 0.6) is 0 Å². The first kappa shape index (κ1) is 17.7. The number of carbonyl (C=O) groups excluding carboxylic acids is 1. The number of nitro benzene ring substituents is 1. The number of benzene rings is 1. The van der Waals surface area contributed by atoms with E-state index in [9.17, 15) is 14.9 Å². The summed E-state index contributed by atoms with van der Waals surface area (Å²) in [5, 5.41) is 21.3. The molecule has 9 heteroatoms. The summed E-state index contributed by atoms with van der Waals surface area (Å²) in [5.41, 5.74) is 1.84. The minimum Gasteiger partial charge on any atom is -0.378 e. The fourth-order valence-corrected chi connectivity index (χ4v) is 2.34. The zero-order valence-electron chi connectivity index (χ0n) is 13.4. The SMILES string of the molecule is Cc1nn(CC(=O)NCCNc2ccccc2[N+](=O)[O-])c(C)c1Cl. The third-order valence-corrected chi connectivity index (χ3v) is 4.00. The van der Waals surface area contributed by atoms with Crippen molar-refractivity contribution < 1.29 is 9.72 Å². The predicted octanol–water partition coefficient (Wildman–Crippen LogP) is 2.29. The van der Waals surface area contributed by atoms with E-state index in [1.165, 1.54) is 6.07 Å². The van der Waals surface area contributed by atoms with Gasteiger partial charge in [-0.2, -0.15) is 5.10 Å². The van der Waals surface area contributed by atoms with Crippen LogP contribution in [0.15, 0.2) is 24.3 Å². The van der Waals surface area contributed by atoms with Gasteiger partial charge in [-0.1, -0.05) is 23.7 Å². The van der Waals surface area contributed by atoms with E-state index in [0.29, 0.717) is 29.5 Å². The molecule has 0 atom stereocenters. The molecule has 0 aliphatic heterocycles. The topological polar surface area (TPSA) is 102 Å². The Kier molecular flexibility index (Phi) is 5.75. The summed E-state index contributed by atoms with van der Waals surface area (Å²) in [4.78, 5) is 22.4. The number of aryl methyl sites for hydroxylation is 1. The van der Waals surface area contributed by atoms with E-state index in [2.05, 4.69) is 15.7 Å². The first-order valence-electron chi connectivity index (χ1n) is 7.33. The van der Waals surface area contributed by atoms with Crippen molar-refractivity contribution in [3.63, 3.8) is 0 Å². The first-order valence-corrected chi connectivity index (χ1v) is 7.71. The van der Waals surface area contributed by atoms with Gasteiger partial charge in [0.1, 0.15) is 12.2 Å². The van der Waals surface area contributed by atoms with Crippen LogP contribution in [0.3, 0.4) is 0 Å². The molecule has 1 aromatic heterocycles. The number of halogens is 1. The molecule has 1 amide bonds. The number of hydrogen-bond donors (Lipinski definition) is 2. The number of hydrogen-bond acceptors (Lipinski definition) is 5. The van der Waals surface area contributed by atoms with Crippen LogP contribution in [-0.2, 0) is 11.3 Å². The van der Waals surface area contributed by atoms with Crippen LogP contribution >= 0.6 is 11.6 Å². The molecule has 0 spiro atoms. The number of para-hydroxylation sites is 2. The number of nitrogens with one attached hydrogen (secondary N) is 2. The zero-order chi connectivity index (χ0) is 17.7. The molecule has 0 aliphatic carbocycles. The van der Waals surface area contributed by atoms with Crippen molar-refractivity contribution in [1.82, 2.24) is 15.1 Å². The summed E-state index contributed by atoms with van der Waals surface area (Å²) < 4.78 is 1.54. The number of aromatic nitrogens is 2. The van der Waals surface area contributed by atoms with Crippen LogP contribution in [-0.4, -0.2) is 33.7 Å². The third-order valence-electron chi connectivity index (χ3n) is 3.45. The normalized spacial score (nSPS) is 10.5. The van der Waals surface area contributed by atoms with Crippen molar-refractivity contribution in [1.29, 1.82) is 0 Å². The number of nitrogens with zero attached hydrogens (tertiary/aromatic N) is 3. The highest BCUT2D eigenvalue weighted by Crippen LogP contribution is 2.22. The standard InChI is InChI=1S/C15H18ClN5O3/c1-10-15(16)11(2)20(19-10)9-14(22)18-8-7-17-12-5-3-4-6-13(12)21(23)24/h3-6,17H,7-9H2,1-2H3,(H,18,22). The molecule has 0 saturated carbocycles. The Morgan fingerprint density at radius 3 is 2.67 bits per heavy atom. The van der Waals surface area contributed by atoms with Crippen molar-refractivity contribution in [2.24, 2.45) is 0 Å². The summed E-state index contributed by atoms with van der Waals surface area (Å²) in [6, 6.07) is 6.36. The third kappa shape index (κ3) is 4.23. The Morgan fingerprint density at radius 2 is 2.04 bits per heavy atom. The van der Waals surface area contributed by atoms with Crippen molar-refractivity contribution >= 4 is 28.9 Å². The molecular formula is C15H18ClN5O3. The molecule has 2 N–H and O–H groups in total. The smallest absolute Gasteiger partial charge is 0.292 e. The van der Waals surface area contributed by atoms with E-state index in [1.807, 2.05) is 0 Å². The van der Waals surface area contributed by atoms with Gasteiger partial charge in [-0.3, -0.25) is 19.6 Å². The van der Waals surface area contributed by atoms with Crippen LogP contribution in [0.4, 0.5) is 11.4 Å². The van der Waals surface area contributed by atoms with Gasteiger partial charge in [-0.15, -0.1) is 0 Å². The molecule has 24 heavy (non-hydrogen) atoms. The van der Waals surface area contributed by atoms with Crippen molar-refractivity contribution in [3.8, 4) is 0 Å². The van der Waals surface area contributed by atoms with Gasteiger partial charge in [-0.05, 0) is 19.9 Å². The molecule has 0 unspecified atom stereocenters. The monoisotopic (exact) mass is 351 g/mol. The van der Waals surface area contributed by atoms with Gasteiger partial charge >= 0.3 is 0 Å². The van der Waals surface area contributed by atoms with Crippen molar-refractivity contribution in [2.75, 3.05) is 18.4 Å². The van der Waals surface area contributed by atoms with Crippen molar-refractivity contribution in [3.05, 3.63) is 50.8 Å². The lowest BCUT2D eigenvalue weighted by Gasteiger charge is -2.09. The van der Waals surface area contributed by atoms with Gasteiger partial charge in [0.05, 0.1) is 21.3 Å². The second-order valence-electron chi connectivity index (χ2n) is 5.19. The average molecular weight is 352 g/mol. The second kappa shape index (κ2) is 7.78. The van der Waals surface area contributed by atoms with E-state index in [1.54, 1.807) is 36.7 Å². The zero-order valence-corrected chi connectivity index (χ0v) is 14.1. The Labute approximate surface area is 144 Å². The Hall–Kier alpha value is -2.61. The fourth-order valence-electron chi connectivity index (χ4n) is 2.20. The predicted molar refractivity (Wildman–Crippen MR) is 91.3 cm³/mol. The maximum atomic E-state index is 11.9. The first-order chi connectivity index (χ1) is 11.4. The summed E-state index contributed by atoms with van der Waals surface area (Å²) in [6.45, 7) is 4.35. The molecule has 8 nitrogen and oxygen atoms in total. The van der Waals surface area contributed by atoms with Crippen molar-refractivity contribution in [2.45, 2.75) is 20.4 Å². The fraction of sp³-hybridized carbons (Fsp3) is 0.333. The molecule has 2 rings (SSSR count). The number of amides is 1. The lowest BCUT2D eigenvalue weighted by atomic mass is 10.2.